The molecule has 0 aliphatic carbocycles. The summed E-state index contributed by atoms with van der Waals surface area (Å²) >= 11 is 1.87. The molecular formula is C12H22N2OS. The molecule has 0 bridgehead atoms. The molecule has 0 radical (unpaired) electrons. The second kappa shape index (κ2) is 6.50. The quantitative estimate of drug-likeness (QED) is 0.814. The molecule has 0 saturated carbocycles. The lowest BCUT2D eigenvalue weighted by atomic mass is 10.1. The molecule has 16 heavy (non-hydrogen) atoms. The SMILES string of the molecule is O=C(CSC1CCNCC1)N1CCCCC1. The average molecular weight is 242 g/mol. The van der Waals surface area contributed by atoms with Gasteiger partial charge in [-0.25, -0.2) is 0 Å². The number of nitrogens with zero attached hydrogens (tertiary/aromatic N) is 1. The number of hydrogen-bond donors (Lipinski definition) is 1. The van der Waals surface area contributed by atoms with E-state index < -0.39 is 0 Å². The van der Waals surface area contributed by atoms with E-state index in [0.29, 0.717) is 16.9 Å². The number of likely N-dealkylation sites (tertiary alicyclic amines) is 1. The Kier molecular flexibility index (Phi) is 4.97. The van der Waals surface area contributed by atoms with Crippen molar-refractivity contribution in [2.45, 2.75) is 37.4 Å². The van der Waals surface area contributed by atoms with E-state index in [1.54, 1.807) is 0 Å². The van der Waals surface area contributed by atoms with Crippen molar-refractivity contribution in [2.75, 3.05) is 31.9 Å². The molecule has 2 aliphatic heterocycles. The summed E-state index contributed by atoms with van der Waals surface area (Å²) < 4.78 is 0. The second-order valence-corrected chi connectivity index (χ2v) is 5.99. The number of thioether (sulfide) groups is 1. The normalized spacial score (nSPS) is 23.4. The molecule has 2 fully saturated rings. The van der Waals surface area contributed by atoms with Crippen molar-refractivity contribution in [1.82, 2.24) is 10.2 Å². The number of amides is 1. The Morgan fingerprint density at radius 3 is 2.56 bits per heavy atom. The molecule has 0 aromatic rings. The zero-order valence-corrected chi connectivity index (χ0v) is 10.7. The molecule has 0 aromatic heterocycles. The Labute approximate surface area is 102 Å². The van der Waals surface area contributed by atoms with Gasteiger partial charge in [-0.3, -0.25) is 4.79 Å². The predicted molar refractivity (Wildman–Crippen MR) is 68.8 cm³/mol. The highest BCUT2D eigenvalue weighted by Gasteiger charge is 2.19. The molecule has 0 aromatic carbocycles. The lowest BCUT2D eigenvalue weighted by molar-refractivity contribution is -0.129. The predicted octanol–water partition coefficient (Wildman–Crippen LogP) is 1.48. The summed E-state index contributed by atoms with van der Waals surface area (Å²) in [6.45, 7) is 4.22. The molecule has 2 aliphatic rings. The molecule has 4 heteroatoms. The van der Waals surface area contributed by atoms with E-state index in [-0.39, 0.29) is 0 Å². The van der Waals surface area contributed by atoms with E-state index in [1.165, 1.54) is 32.1 Å². The highest BCUT2D eigenvalue weighted by atomic mass is 32.2. The van der Waals surface area contributed by atoms with Gasteiger partial charge in [-0.2, -0.15) is 0 Å². The summed E-state index contributed by atoms with van der Waals surface area (Å²) in [5.74, 6) is 1.06. The maximum absolute atomic E-state index is 11.9. The van der Waals surface area contributed by atoms with Gasteiger partial charge < -0.3 is 10.2 Å². The van der Waals surface area contributed by atoms with Crippen LogP contribution in [-0.2, 0) is 4.79 Å². The first-order valence-electron chi connectivity index (χ1n) is 6.46. The Bertz CT molecular complexity index is 223. The van der Waals surface area contributed by atoms with E-state index in [0.717, 1.165) is 26.2 Å². The van der Waals surface area contributed by atoms with E-state index in [2.05, 4.69) is 10.2 Å². The van der Waals surface area contributed by atoms with E-state index in [9.17, 15) is 4.79 Å². The van der Waals surface area contributed by atoms with Crippen molar-refractivity contribution in [1.29, 1.82) is 0 Å². The molecule has 3 nitrogen and oxygen atoms in total. The molecule has 2 saturated heterocycles. The highest BCUT2D eigenvalue weighted by molar-refractivity contribution is 8.00. The van der Waals surface area contributed by atoms with Gasteiger partial charge in [0.05, 0.1) is 5.75 Å². The monoisotopic (exact) mass is 242 g/mol. The lowest BCUT2D eigenvalue weighted by Crippen LogP contribution is -2.37. The van der Waals surface area contributed by atoms with Crippen molar-refractivity contribution in [3.63, 3.8) is 0 Å². The number of carbonyl (C=O) groups excluding carboxylic acids is 1. The topological polar surface area (TPSA) is 32.3 Å². The Morgan fingerprint density at radius 1 is 1.19 bits per heavy atom. The van der Waals surface area contributed by atoms with Crippen LogP contribution in [0.25, 0.3) is 0 Å². The Hall–Kier alpha value is -0.220. The molecule has 1 amide bonds. The maximum atomic E-state index is 11.9. The molecular weight excluding hydrogens is 220 g/mol. The number of rotatable bonds is 3. The van der Waals surface area contributed by atoms with Gasteiger partial charge in [-0.1, -0.05) is 0 Å². The summed E-state index contributed by atoms with van der Waals surface area (Å²) in [5, 5.41) is 4.06. The summed E-state index contributed by atoms with van der Waals surface area (Å²) in [6, 6.07) is 0. The fourth-order valence-electron chi connectivity index (χ4n) is 2.39. The smallest absolute Gasteiger partial charge is 0.232 e. The molecule has 0 unspecified atom stereocenters. The third-order valence-electron chi connectivity index (χ3n) is 3.44. The van der Waals surface area contributed by atoms with Gasteiger partial charge in [0.15, 0.2) is 0 Å². The molecule has 92 valence electrons. The van der Waals surface area contributed by atoms with Crippen LogP contribution in [0.1, 0.15) is 32.1 Å². The number of nitrogens with one attached hydrogen (secondary N) is 1. The number of piperidine rings is 2. The number of hydrogen-bond acceptors (Lipinski definition) is 3. The van der Waals surface area contributed by atoms with Gasteiger partial charge in [-0.05, 0) is 45.2 Å². The second-order valence-electron chi connectivity index (χ2n) is 4.70. The van der Waals surface area contributed by atoms with Crippen LogP contribution in [0.5, 0.6) is 0 Å². The summed E-state index contributed by atoms with van der Waals surface area (Å²) in [7, 11) is 0. The van der Waals surface area contributed by atoms with Crippen LogP contribution in [0.3, 0.4) is 0 Å². The van der Waals surface area contributed by atoms with E-state index >= 15 is 0 Å². The van der Waals surface area contributed by atoms with Crippen molar-refractivity contribution in [2.24, 2.45) is 0 Å². The van der Waals surface area contributed by atoms with Gasteiger partial charge >= 0.3 is 0 Å². The first-order valence-corrected chi connectivity index (χ1v) is 7.51. The van der Waals surface area contributed by atoms with E-state index in [4.69, 9.17) is 0 Å². The van der Waals surface area contributed by atoms with Crippen LogP contribution in [0.2, 0.25) is 0 Å². The summed E-state index contributed by atoms with van der Waals surface area (Å²) in [5.41, 5.74) is 0. The van der Waals surface area contributed by atoms with Crippen molar-refractivity contribution >= 4 is 17.7 Å². The van der Waals surface area contributed by atoms with Crippen LogP contribution >= 0.6 is 11.8 Å². The minimum atomic E-state index is 0.364. The average Bonchev–Trinajstić information content (AvgIpc) is 2.38. The zero-order valence-electron chi connectivity index (χ0n) is 9.91. The van der Waals surface area contributed by atoms with Gasteiger partial charge in [-0.15, -0.1) is 11.8 Å². The Balaban J connectivity index is 1.65. The third-order valence-corrected chi connectivity index (χ3v) is 4.79. The molecule has 0 atom stereocenters. The van der Waals surface area contributed by atoms with Crippen molar-refractivity contribution in [3.05, 3.63) is 0 Å². The van der Waals surface area contributed by atoms with Crippen LogP contribution in [-0.4, -0.2) is 48.0 Å². The van der Waals surface area contributed by atoms with Crippen LogP contribution < -0.4 is 5.32 Å². The Morgan fingerprint density at radius 2 is 1.88 bits per heavy atom. The molecule has 1 N–H and O–H groups in total. The van der Waals surface area contributed by atoms with Gasteiger partial charge in [0.2, 0.25) is 5.91 Å². The minimum Gasteiger partial charge on any atom is -0.342 e. The summed E-state index contributed by atoms with van der Waals surface area (Å²) in [6.07, 6.45) is 6.13. The fraction of sp³-hybridized carbons (Fsp3) is 0.917. The van der Waals surface area contributed by atoms with Gasteiger partial charge in [0, 0.05) is 18.3 Å². The first kappa shape index (κ1) is 12.2. The van der Waals surface area contributed by atoms with Crippen LogP contribution in [0, 0.1) is 0 Å². The molecule has 0 spiro atoms. The standard InChI is InChI=1S/C12H22N2OS/c15-12(14-8-2-1-3-9-14)10-16-11-4-6-13-7-5-11/h11,13H,1-10H2. The largest absolute Gasteiger partial charge is 0.342 e. The fourth-order valence-corrected chi connectivity index (χ4v) is 3.52. The van der Waals surface area contributed by atoms with Gasteiger partial charge in [0.25, 0.3) is 0 Å². The minimum absolute atomic E-state index is 0.364. The maximum Gasteiger partial charge on any atom is 0.232 e. The zero-order chi connectivity index (χ0) is 11.2. The molecule has 2 heterocycles. The number of carbonyl (C=O) groups is 1. The summed E-state index contributed by atoms with van der Waals surface area (Å²) in [4.78, 5) is 14.0. The van der Waals surface area contributed by atoms with Crippen molar-refractivity contribution in [3.8, 4) is 0 Å². The van der Waals surface area contributed by atoms with Gasteiger partial charge in [0.1, 0.15) is 0 Å². The van der Waals surface area contributed by atoms with E-state index in [1.807, 2.05) is 11.8 Å². The first-order chi connectivity index (χ1) is 7.86. The highest BCUT2D eigenvalue weighted by Crippen LogP contribution is 2.21. The van der Waals surface area contributed by atoms with Crippen molar-refractivity contribution < 1.29 is 4.79 Å². The van der Waals surface area contributed by atoms with Crippen LogP contribution in [0.15, 0.2) is 0 Å². The van der Waals surface area contributed by atoms with Crippen LogP contribution in [0.4, 0.5) is 0 Å². The molecule has 2 rings (SSSR count). The third kappa shape index (κ3) is 3.67. The lowest BCUT2D eigenvalue weighted by Gasteiger charge is -2.28.